The van der Waals surface area contributed by atoms with Crippen LogP contribution in [0.2, 0.25) is 0 Å². The molecule has 0 saturated carbocycles. The highest BCUT2D eigenvalue weighted by Crippen LogP contribution is 2.24. The Morgan fingerprint density at radius 2 is 2.25 bits per heavy atom. The van der Waals surface area contributed by atoms with E-state index in [2.05, 4.69) is 27.0 Å². The van der Waals surface area contributed by atoms with Crippen LogP contribution in [0.4, 0.5) is 5.82 Å². The van der Waals surface area contributed by atoms with Crippen molar-refractivity contribution >= 4 is 29.3 Å². The van der Waals surface area contributed by atoms with Crippen LogP contribution >= 0.6 is 23.5 Å². The van der Waals surface area contributed by atoms with Crippen molar-refractivity contribution in [1.82, 2.24) is 9.97 Å². The summed E-state index contributed by atoms with van der Waals surface area (Å²) in [6, 6.07) is 0. The van der Waals surface area contributed by atoms with Gasteiger partial charge in [0, 0.05) is 29.1 Å². The number of nitrogens with zero attached hydrogens (tertiary/aromatic N) is 2. The molecule has 3 nitrogen and oxygen atoms in total. The summed E-state index contributed by atoms with van der Waals surface area (Å²) in [6.07, 6.45) is 1.82. The first-order chi connectivity index (χ1) is 7.75. The van der Waals surface area contributed by atoms with Gasteiger partial charge in [-0.25, -0.2) is 4.98 Å². The maximum absolute atomic E-state index is 4.47. The molecular weight excluding hydrogens is 238 g/mol. The van der Waals surface area contributed by atoms with Crippen molar-refractivity contribution in [3.63, 3.8) is 0 Å². The lowest BCUT2D eigenvalue weighted by atomic mass is 10.3. The molecule has 0 aromatic carbocycles. The first-order valence-corrected chi connectivity index (χ1v) is 7.69. The molecule has 0 aliphatic carbocycles. The maximum Gasteiger partial charge on any atom is 0.144 e. The molecule has 1 fully saturated rings. The van der Waals surface area contributed by atoms with E-state index in [9.17, 15) is 0 Å². The summed E-state index contributed by atoms with van der Waals surface area (Å²) in [4.78, 5) is 8.77. The van der Waals surface area contributed by atoms with Gasteiger partial charge in [0.1, 0.15) is 5.82 Å². The van der Waals surface area contributed by atoms with Gasteiger partial charge in [-0.3, -0.25) is 4.98 Å². The van der Waals surface area contributed by atoms with E-state index in [-0.39, 0.29) is 0 Å². The lowest BCUT2D eigenvalue weighted by Crippen LogP contribution is -2.23. The zero-order valence-electron chi connectivity index (χ0n) is 9.69. The van der Waals surface area contributed by atoms with Crippen LogP contribution in [0.3, 0.4) is 0 Å². The average molecular weight is 255 g/mol. The molecule has 1 saturated heterocycles. The molecule has 1 atom stereocenters. The lowest BCUT2D eigenvalue weighted by Gasteiger charge is -2.21. The Morgan fingerprint density at radius 1 is 1.38 bits per heavy atom. The zero-order valence-corrected chi connectivity index (χ0v) is 11.3. The van der Waals surface area contributed by atoms with Crippen LogP contribution in [0.15, 0.2) is 6.20 Å². The van der Waals surface area contributed by atoms with Crippen molar-refractivity contribution in [3.8, 4) is 0 Å². The molecule has 1 unspecified atom stereocenters. The van der Waals surface area contributed by atoms with Gasteiger partial charge in [-0.1, -0.05) is 0 Å². The number of thioether (sulfide) groups is 2. The molecule has 5 heteroatoms. The van der Waals surface area contributed by atoms with Gasteiger partial charge < -0.3 is 5.32 Å². The smallest absolute Gasteiger partial charge is 0.144 e. The predicted octanol–water partition coefficient (Wildman–Crippen LogP) is 2.35. The van der Waals surface area contributed by atoms with Gasteiger partial charge in [0.15, 0.2) is 0 Å². The van der Waals surface area contributed by atoms with Crippen LogP contribution in [0.5, 0.6) is 0 Å². The summed E-state index contributed by atoms with van der Waals surface area (Å²) >= 11 is 4.11. The van der Waals surface area contributed by atoms with E-state index in [1.165, 1.54) is 17.3 Å². The summed E-state index contributed by atoms with van der Waals surface area (Å²) in [5, 5.41) is 4.08. The summed E-state index contributed by atoms with van der Waals surface area (Å²) in [7, 11) is 0. The summed E-state index contributed by atoms with van der Waals surface area (Å²) in [5.74, 6) is 4.72. The third kappa shape index (κ3) is 3.28. The highest BCUT2D eigenvalue weighted by Gasteiger charge is 2.14. The third-order valence-corrected chi connectivity index (χ3v) is 5.43. The largest absolute Gasteiger partial charge is 0.368 e. The molecule has 0 bridgehead atoms. The van der Waals surface area contributed by atoms with E-state index in [1.807, 2.05) is 31.8 Å². The van der Waals surface area contributed by atoms with E-state index in [0.29, 0.717) is 5.25 Å². The standard InChI is InChI=1S/C11H17N3S2/c1-8-9(2)14-11(6-12-8)13-5-10-7-15-3-4-16-10/h6,10H,3-5,7H2,1-2H3,(H,13,14). The van der Waals surface area contributed by atoms with Crippen LogP contribution < -0.4 is 5.32 Å². The first-order valence-electron chi connectivity index (χ1n) is 5.49. The Bertz CT molecular complexity index is 351. The number of nitrogens with one attached hydrogen (secondary N) is 1. The van der Waals surface area contributed by atoms with Crippen molar-refractivity contribution in [2.75, 3.05) is 29.1 Å². The summed E-state index contributed by atoms with van der Waals surface area (Å²) in [5.41, 5.74) is 2.02. The number of rotatable bonds is 3. The fourth-order valence-corrected chi connectivity index (χ4v) is 4.11. The molecule has 16 heavy (non-hydrogen) atoms. The number of hydrogen-bond acceptors (Lipinski definition) is 5. The zero-order chi connectivity index (χ0) is 11.4. The molecule has 1 N–H and O–H groups in total. The van der Waals surface area contributed by atoms with Gasteiger partial charge in [0.2, 0.25) is 0 Å². The SMILES string of the molecule is Cc1ncc(NCC2CSCCS2)nc1C. The second-order valence-corrected chi connectivity index (χ2v) is 6.43. The number of anilines is 1. The normalized spacial score (nSPS) is 20.8. The average Bonchev–Trinajstić information content (AvgIpc) is 2.32. The number of aryl methyl sites for hydroxylation is 2. The number of aromatic nitrogens is 2. The van der Waals surface area contributed by atoms with Crippen LogP contribution in [0.25, 0.3) is 0 Å². The van der Waals surface area contributed by atoms with Gasteiger partial charge in [-0.2, -0.15) is 23.5 Å². The molecule has 1 aromatic heterocycles. The molecule has 1 aliphatic rings. The Labute approximate surface area is 105 Å². The quantitative estimate of drug-likeness (QED) is 0.897. The van der Waals surface area contributed by atoms with E-state index in [1.54, 1.807) is 0 Å². The fraction of sp³-hybridized carbons (Fsp3) is 0.636. The summed E-state index contributed by atoms with van der Waals surface area (Å²) in [6.45, 7) is 4.98. The predicted molar refractivity (Wildman–Crippen MR) is 73.6 cm³/mol. The van der Waals surface area contributed by atoms with Crippen LogP contribution in [0.1, 0.15) is 11.4 Å². The van der Waals surface area contributed by atoms with Crippen molar-refractivity contribution in [3.05, 3.63) is 17.6 Å². The minimum absolute atomic E-state index is 0.710. The van der Waals surface area contributed by atoms with Gasteiger partial charge in [0.25, 0.3) is 0 Å². The molecule has 2 heterocycles. The molecular formula is C11H17N3S2. The molecule has 0 radical (unpaired) electrons. The summed E-state index contributed by atoms with van der Waals surface area (Å²) < 4.78 is 0. The van der Waals surface area contributed by atoms with E-state index < -0.39 is 0 Å². The molecule has 0 spiro atoms. The van der Waals surface area contributed by atoms with Crippen LogP contribution in [0, 0.1) is 13.8 Å². The van der Waals surface area contributed by atoms with Crippen LogP contribution in [-0.2, 0) is 0 Å². The van der Waals surface area contributed by atoms with Gasteiger partial charge in [0.05, 0.1) is 17.6 Å². The highest BCUT2D eigenvalue weighted by molar-refractivity contribution is 8.06. The van der Waals surface area contributed by atoms with E-state index in [4.69, 9.17) is 0 Å². The minimum Gasteiger partial charge on any atom is -0.368 e. The van der Waals surface area contributed by atoms with Crippen molar-refractivity contribution in [1.29, 1.82) is 0 Å². The Kier molecular flexibility index (Phi) is 4.35. The fourth-order valence-electron chi connectivity index (χ4n) is 1.50. The number of hydrogen-bond donors (Lipinski definition) is 1. The second-order valence-electron chi connectivity index (χ2n) is 3.87. The third-order valence-electron chi connectivity index (χ3n) is 2.59. The highest BCUT2D eigenvalue weighted by atomic mass is 32.2. The van der Waals surface area contributed by atoms with Crippen molar-refractivity contribution < 1.29 is 0 Å². The second kappa shape index (κ2) is 5.77. The Hall–Kier alpha value is -0.420. The van der Waals surface area contributed by atoms with Crippen LogP contribution in [-0.4, -0.2) is 39.0 Å². The Morgan fingerprint density at radius 3 is 2.94 bits per heavy atom. The van der Waals surface area contributed by atoms with E-state index in [0.717, 1.165) is 23.8 Å². The van der Waals surface area contributed by atoms with Gasteiger partial charge >= 0.3 is 0 Å². The molecule has 2 rings (SSSR count). The monoisotopic (exact) mass is 255 g/mol. The van der Waals surface area contributed by atoms with E-state index >= 15 is 0 Å². The van der Waals surface area contributed by atoms with Gasteiger partial charge in [-0.05, 0) is 13.8 Å². The van der Waals surface area contributed by atoms with Crippen molar-refractivity contribution in [2.24, 2.45) is 0 Å². The molecule has 0 amide bonds. The maximum atomic E-state index is 4.47. The topological polar surface area (TPSA) is 37.8 Å². The first kappa shape index (κ1) is 12.0. The molecule has 1 aliphatic heterocycles. The van der Waals surface area contributed by atoms with Gasteiger partial charge in [-0.15, -0.1) is 0 Å². The van der Waals surface area contributed by atoms with Crippen molar-refractivity contribution in [2.45, 2.75) is 19.1 Å². The molecule has 1 aromatic rings. The lowest BCUT2D eigenvalue weighted by molar-refractivity contribution is 0.969. The molecule has 88 valence electrons. The Balaban J connectivity index is 1.86. The minimum atomic E-state index is 0.710.